The van der Waals surface area contributed by atoms with Gasteiger partial charge in [-0.25, -0.2) is 0 Å². The lowest BCUT2D eigenvalue weighted by atomic mass is 9.89. The van der Waals surface area contributed by atoms with Crippen molar-refractivity contribution >= 4 is 5.91 Å². The predicted molar refractivity (Wildman–Crippen MR) is 107 cm³/mol. The van der Waals surface area contributed by atoms with Crippen LogP contribution in [0, 0.1) is 20.8 Å². The summed E-state index contributed by atoms with van der Waals surface area (Å²) in [6, 6.07) is 11.9. The van der Waals surface area contributed by atoms with E-state index in [1.165, 1.54) is 5.56 Å². The smallest absolute Gasteiger partial charge is 0.261 e. The van der Waals surface area contributed by atoms with Gasteiger partial charge in [0.2, 0.25) is 0 Å². The van der Waals surface area contributed by atoms with Gasteiger partial charge in [0, 0.05) is 12.0 Å². The van der Waals surface area contributed by atoms with Crippen LogP contribution in [0.15, 0.2) is 36.4 Å². The van der Waals surface area contributed by atoms with Gasteiger partial charge in [-0.2, -0.15) is 0 Å². The van der Waals surface area contributed by atoms with Gasteiger partial charge in [-0.15, -0.1) is 0 Å². The second-order valence-electron chi connectivity index (χ2n) is 8.17. The van der Waals surface area contributed by atoms with Crippen molar-refractivity contribution in [2.45, 2.75) is 65.7 Å². The van der Waals surface area contributed by atoms with Gasteiger partial charge in [-0.1, -0.05) is 23.8 Å². The average molecular weight is 367 g/mol. The Morgan fingerprint density at radius 3 is 2.59 bits per heavy atom. The number of hydrogen-bond donors (Lipinski definition) is 1. The highest BCUT2D eigenvalue weighted by Gasteiger charge is 2.35. The minimum Gasteiger partial charge on any atom is -0.487 e. The van der Waals surface area contributed by atoms with Crippen molar-refractivity contribution in [1.29, 1.82) is 0 Å². The molecule has 1 N–H and O–H groups in total. The number of hydrogen-bond acceptors (Lipinski definition) is 3. The largest absolute Gasteiger partial charge is 0.487 e. The lowest BCUT2D eigenvalue weighted by molar-refractivity contribution is -0.128. The molecule has 1 amide bonds. The maximum atomic E-state index is 12.8. The minimum atomic E-state index is -0.577. The lowest BCUT2D eigenvalue weighted by Crippen LogP contribution is -2.44. The number of carbonyl (C=O) groups excluding carboxylic acids is 1. The zero-order chi connectivity index (χ0) is 19.8. The molecule has 0 bridgehead atoms. The van der Waals surface area contributed by atoms with Crippen LogP contribution in [-0.4, -0.2) is 17.6 Å². The summed E-state index contributed by atoms with van der Waals surface area (Å²) in [5.41, 5.74) is 4.20. The SMILES string of the molecule is Cc1ccc2c(c1)[C@@H](NC(=O)[C@H](C)Oc1ccc(C)c(C)c1)CC(C)(C)O2. The van der Waals surface area contributed by atoms with Crippen molar-refractivity contribution in [3.63, 3.8) is 0 Å². The van der Waals surface area contributed by atoms with Gasteiger partial charge in [0.25, 0.3) is 5.91 Å². The zero-order valence-corrected chi connectivity index (χ0v) is 17.1. The van der Waals surface area contributed by atoms with Crippen LogP contribution in [0.4, 0.5) is 0 Å². The molecule has 2 atom stereocenters. The lowest BCUT2D eigenvalue weighted by Gasteiger charge is -2.38. The fourth-order valence-electron chi connectivity index (χ4n) is 3.44. The van der Waals surface area contributed by atoms with Crippen molar-refractivity contribution in [3.8, 4) is 11.5 Å². The molecule has 0 saturated heterocycles. The van der Waals surface area contributed by atoms with E-state index in [-0.39, 0.29) is 17.6 Å². The molecular formula is C23H29NO3. The Kier molecular flexibility index (Phi) is 5.18. The van der Waals surface area contributed by atoms with Crippen LogP contribution in [-0.2, 0) is 4.79 Å². The van der Waals surface area contributed by atoms with Crippen LogP contribution in [0.5, 0.6) is 11.5 Å². The van der Waals surface area contributed by atoms with Gasteiger partial charge in [-0.05, 0) is 70.9 Å². The second-order valence-corrected chi connectivity index (χ2v) is 8.17. The monoisotopic (exact) mass is 367 g/mol. The number of fused-ring (bicyclic) bond motifs is 1. The summed E-state index contributed by atoms with van der Waals surface area (Å²) in [4.78, 5) is 12.8. The first-order valence-electron chi connectivity index (χ1n) is 9.48. The molecule has 0 fully saturated rings. The van der Waals surface area contributed by atoms with Gasteiger partial charge in [0.15, 0.2) is 6.10 Å². The van der Waals surface area contributed by atoms with Crippen LogP contribution < -0.4 is 14.8 Å². The van der Waals surface area contributed by atoms with E-state index in [0.717, 1.165) is 22.4 Å². The highest BCUT2D eigenvalue weighted by atomic mass is 16.5. The van der Waals surface area contributed by atoms with Gasteiger partial charge in [-0.3, -0.25) is 4.79 Å². The number of carbonyl (C=O) groups is 1. The summed E-state index contributed by atoms with van der Waals surface area (Å²) >= 11 is 0. The Labute approximate surface area is 161 Å². The molecule has 0 aliphatic carbocycles. The normalized spacial score (nSPS) is 18.8. The van der Waals surface area contributed by atoms with Gasteiger partial charge >= 0.3 is 0 Å². The molecule has 0 unspecified atom stereocenters. The van der Waals surface area contributed by atoms with Crippen molar-refractivity contribution in [2.24, 2.45) is 0 Å². The molecular weight excluding hydrogens is 338 g/mol. The maximum Gasteiger partial charge on any atom is 0.261 e. The highest BCUT2D eigenvalue weighted by molar-refractivity contribution is 5.81. The second kappa shape index (κ2) is 7.26. The van der Waals surface area contributed by atoms with E-state index in [4.69, 9.17) is 9.47 Å². The van der Waals surface area contributed by atoms with Gasteiger partial charge in [0.05, 0.1) is 6.04 Å². The van der Waals surface area contributed by atoms with E-state index < -0.39 is 6.10 Å². The number of aryl methyl sites for hydroxylation is 3. The van der Waals surface area contributed by atoms with Crippen LogP contribution in [0.3, 0.4) is 0 Å². The summed E-state index contributed by atoms with van der Waals surface area (Å²) in [6.07, 6.45) is 0.136. The Balaban J connectivity index is 1.74. The van der Waals surface area contributed by atoms with Crippen LogP contribution in [0.1, 0.15) is 55.5 Å². The van der Waals surface area contributed by atoms with Crippen molar-refractivity contribution < 1.29 is 14.3 Å². The Morgan fingerprint density at radius 1 is 1.15 bits per heavy atom. The van der Waals surface area contributed by atoms with Crippen molar-refractivity contribution in [3.05, 3.63) is 58.7 Å². The fourth-order valence-corrected chi connectivity index (χ4v) is 3.44. The molecule has 1 aliphatic rings. The van der Waals surface area contributed by atoms with Crippen molar-refractivity contribution in [1.82, 2.24) is 5.32 Å². The number of nitrogens with one attached hydrogen (secondary N) is 1. The van der Waals surface area contributed by atoms with E-state index in [2.05, 4.69) is 18.3 Å². The quantitative estimate of drug-likeness (QED) is 0.844. The van der Waals surface area contributed by atoms with E-state index in [1.807, 2.05) is 58.0 Å². The summed E-state index contributed by atoms with van der Waals surface area (Å²) in [5, 5.41) is 3.16. The molecule has 2 aromatic carbocycles. The molecule has 1 aliphatic heterocycles. The van der Waals surface area contributed by atoms with E-state index >= 15 is 0 Å². The number of amides is 1. The third-order valence-electron chi connectivity index (χ3n) is 5.10. The van der Waals surface area contributed by atoms with E-state index in [1.54, 1.807) is 6.92 Å². The third kappa shape index (κ3) is 4.44. The summed E-state index contributed by atoms with van der Waals surface area (Å²) < 4.78 is 12.0. The number of rotatable bonds is 4. The first kappa shape index (κ1) is 19.3. The molecule has 4 nitrogen and oxygen atoms in total. The van der Waals surface area contributed by atoms with Gasteiger partial charge < -0.3 is 14.8 Å². The Morgan fingerprint density at radius 2 is 1.89 bits per heavy atom. The molecule has 0 radical (unpaired) electrons. The molecule has 3 rings (SSSR count). The minimum absolute atomic E-state index is 0.0954. The molecule has 0 saturated carbocycles. The summed E-state index contributed by atoms with van der Waals surface area (Å²) in [6.45, 7) is 12.0. The zero-order valence-electron chi connectivity index (χ0n) is 17.1. The number of benzene rings is 2. The molecule has 144 valence electrons. The molecule has 4 heteroatoms. The van der Waals surface area contributed by atoms with Crippen LogP contribution in [0.2, 0.25) is 0 Å². The Bertz CT molecular complexity index is 857. The molecule has 0 aromatic heterocycles. The maximum absolute atomic E-state index is 12.8. The first-order valence-corrected chi connectivity index (χ1v) is 9.48. The predicted octanol–water partition coefficient (Wildman–Crippen LogP) is 4.80. The summed E-state index contributed by atoms with van der Waals surface area (Å²) in [5.74, 6) is 1.43. The van der Waals surface area contributed by atoms with Crippen LogP contribution in [0.25, 0.3) is 0 Å². The van der Waals surface area contributed by atoms with Crippen molar-refractivity contribution in [2.75, 3.05) is 0 Å². The number of ether oxygens (including phenoxy) is 2. The standard InChI is InChI=1S/C23H29NO3/c1-14-7-10-21-19(11-14)20(13-23(5,6)27-21)24-22(25)17(4)26-18-9-8-15(2)16(3)12-18/h7-12,17,20H,13H2,1-6H3,(H,24,25)/t17-,20-/m0/s1. The molecule has 27 heavy (non-hydrogen) atoms. The van der Waals surface area contributed by atoms with Gasteiger partial charge in [0.1, 0.15) is 17.1 Å². The summed E-state index contributed by atoms with van der Waals surface area (Å²) in [7, 11) is 0. The highest BCUT2D eigenvalue weighted by Crippen LogP contribution is 2.39. The average Bonchev–Trinajstić information content (AvgIpc) is 2.58. The topological polar surface area (TPSA) is 47.6 Å². The molecule has 0 spiro atoms. The first-order chi connectivity index (χ1) is 12.6. The fraction of sp³-hybridized carbons (Fsp3) is 0.435. The molecule has 2 aromatic rings. The van der Waals surface area contributed by atoms with Crippen LogP contribution >= 0.6 is 0 Å². The molecule has 1 heterocycles. The van der Waals surface area contributed by atoms with E-state index in [9.17, 15) is 4.79 Å². The third-order valence-corrected chi connectivity index (χ3v) is 5.10. The van der Waals surface area contributed by atoms with E-state index in [0.29, 0.717) is 12.2 Å². The Hall–Kier alpha value is -2.49.